The van der Waals surface area contributed by atoms with Gasteiger partial charge < -0.3 is 14.8 Å². The topological polar surface area (TPSA) is 73.3 Å². The van der Waals surface area contributed by atoms with Crippen LogP contribution in [0.25, 0.3) is 11.3 Å². The summed E-state index contributed by atoms with van der Waals surface area (Å²) in [4.78, 5) is 20.9. The fourth-order valence-electron chi connectivity index (χ4n) is 2.57. The Morgan fingerprint density at radius 3 is 2.64 bits per heavy atom. The molecular formula is C22H23N3O3. The molecule has 0 aliphatic carbocycles. The van der Waals surface area contributed by atoms with Crippen LogP contribution in [0.15, 0.2) is 60.9 Å². The molecule has 0 unspecified atom stereocenters. The number of rotatable bonds is 7. The predicted octanol–water partition coefficient (Wildman–Crippen LogP) is 4.47. The lowest BCUT2D eigenvalue weighted by atomic mass is 10.1. The summed E-state index contributed by atoms with van der Waals surface area (Å²) in [5.41, 5.74) is 2.08. The zero-order chi connectivity index (χ0) is 19.9. The summed E-state index contributed by atoms with van der Waals surface area (Å²) in [7, 11) is 1.60. The van der Waals surface area contributed by atoms with Gasteiger partial charge in [0.1, 0.15) is 17.8 Å². The number of methoxy groups -OCH3 is 1. The van der Waals surface area contributed by atoms with Crippen molar-refractivity contribution >= 4 is 5.91 Å². The van der Waals surface area contributed by atoms with E-state index in [0.29, 0.717) is 28.6 Å². The number of ether oxygens (including phenoxy) is 2. The molecule has 1 amide bonds. The standard InChI is InChI=1S/C22H23N3O3/c1-4-15(2)25-22(26)17-8-5-7-16(11-17)20-13-21(24-14-23-20)28-19-10-6-9-18(12-19)27-3/h5-15H,4H2,1-3H3,(H,25,26)/t15-/m1/s1. The summed E-state index contributed by atoms with van der Waals surface area (Å²) in [5.74, 6) is 1.63. The van der Waals surface area contributed by atoms with Gasteiger partial charge in [-0.05, 0) is 37.6 Å². The third-order valence-corrected chi connectivity index (χ3v) is 4.32. The second-order valence-electron chi connectivity index (χ2n) is 6.39. The molecule has 6 heteroatoms. The molecule has 0 radical (unpaired) electrons. The van der Waals surface area contributed by atoms with E-state index in [1.165, 1.54) is 6.33 Å². The maximum atomic E-state index is 12.4. The minimum absolute atomic E-state index is 0.0990. The Morgan fingerprint density at radius 2 is 1.86 bits per heavy atom. The van der Waals surface area contributed by atoms with Gasteiger partial charge in [0.25, 0.3) is 5.91 Å². The van der Waals surface area contributed by atoms with E-state index < -0.39 is 0 Å². The number of nitrogens with zero attached hydrogens (tertiary/aromatic N) is 2. The lowest BCUT2D eigenvalue weighted by Crippen LogP contribution is -2.31. The molecule has 0 aliphatic heterocycles. The summed E-state index contributed by atoms with van der Waals surface area (Å²) in [5, 5.41) is 2.97. The summed E-state index contributed by atoms with van der Waals surface area (Å²) < 4.78 is 11.0. The Balaban J connectivity index is 1.81. The van der Waals surface area contributed by atoms with Crippen LogP contribution in [0, 0.1) is 0 Å². The van der Waals surface area contributed by atoms with Crippen LogP contribution in [0.4, 0.5) is 0 Å². The average Bonchev–Trinajstić information content (AvgIpc) is 2.74. The van der Waals surface area contributed by atoms with E-state index in [0.717, 1.165) is 12.0 Å². The maximum absolute atomic E-state index is 12.4. The number of aromatic nitrogens is 2. The van der Waals surface area contributed by atoms with Crippen LogP contribution in [0.5, 0.6) is 17.4 Å². The van der Waals surface area contributed by atoms with Gasteiger partial charge in [0.15, 0.2) is 0 Å². The van der Waals surface area contributed by atoms with E-state index in [-0.39, 0.29) is 11.9 Å². The molecule has 0 fully saturated rings. The highest BCUT2D eigenvalue weighted by atomic mass is 16.5. The molecule has 0 spiro atoms. The summed E-state index contributed by atoms with van der Waals surface area (Å²) in [6, 6.07) is 16.5. The number of carbonyl (C=O) groups is 1. The molecule has 1 heterocycles. The highest BCUT2D eigenvalue weighted by molar-refractivity contribution is 5.95. The summed E-state index contributed by atoms with van der Waals surface area (Å²) >= 11 is 0. The van der Waals surface area contributed by atoms with Crippen molar-refractivity contribution in [3.05, 3.63) is 66.5 Å². The summed E-state index contributed by atoms with van der Waals surface area (Å²) in [6.45, 7) is 4.01. The Kier molecular flexibility index (Phi) is 6.22. The zero-order valence-electron chi connectivity index (χ0n) is 16.2. The number of benzene rings is 2. The molecule has 28 heavy (non-hydrogen) atoms. The highest BCUT2D eigenvalue weighted by Crippen LogP contribution is 2.26. The van der Waals surface area contributed by atoms with Crippen molar-refractivity contribution in [2.24, 2.45) is 0 Å². The van der Waals surface area contributed by atoms with Gasteiger partial charge in [-0.25, -0.2) is 9.97 Å². The number of nitrogens with one attached hydrogen (secondary N) is 1. The highest BCUT2D eigenvalue weighted by Gasteiger charge is 2.11. The molecule has 0 saturated carbocycles. The average molecular weight is 377 g/mol. The molecule has 0 saturated heterocycles. The largest absolute Gasteiger partial charge is 0.497 e. The lowest BCUT2D eigenvalue weighted by molar-refractivity contribution is 0.0939. The van der Waals surface area contributed by atoms with Crippen molar-refractivity contribution in [3.63, 3.8) is 0 Å². The van der Waals surface area contributed by atoms with Crippen LogP contribution >= 0.6 is 0 Å². The van der Waals surface area contributed by atoms with E-state index in [9.17, 15) is 4.79 Å². The van der Waals surface area contributed by atoms with Crippen LogP contribution in [0.2, 0.25) is 0 Å². The molecule has 3 rings (SSSR count). The van der Waals surface area contributed by atoms with E-state index in [1.807, 2.05) is 50.2 Å². The molecule has 2 aromatic carbocycles. The molecule has 144 valence electrons. The fraction of sp³-hybridized carbons (Fsp3) is 0.227. The second-order valence-corrected chi connectivity index (χ2v) is 6.39. The SMILES string of the molecule is CC[C@@H](C)NC(=O)c1cccc(-c2cc(Oc3cccc(OC)c3)ncn2)c1. The Hall–Kier alpha value is -3.41. The van der Waals surface area contributed by atoms with Crippen LogP contribution < -0.4 is 14.8 Å². The quantitative estimate of drug-likeness (QED) is 0.657. The molecule has 1 N–H and O–H groups in total. The molecule has 0 aliphatic rings. The van der Waals surface area contributed by atoms with Crippen molar-refractivity contribution in [1.29, 1.82) is 0 Å². The van der Waals surface area contributed by atoms with Gasteiger partial charge in [0.2, 0.25) is 5.88 Å². The van der Waals surface area contributed by atoms with E-state index in [1.54, 1.807) is 25.3 Å². The smallest absolute Gasteiger partial charge is 0.251 e. The van der Waals surface area contributed by atoms with Gasteiger partial charge in [-0.1, -0.05) is 25.1 Å². The molecule has 1 aromatic heterocycles. The first-order valence-corrected chi connectivity index (χ1v) is 9.14. The first kappa shape index (κ1) is 19.4. The van der Waals surface area contributed by atoms with Crippen LogP contribution in [0.1, 0.15) is 30.6 Å². The van der Waals surface area contributed by atoms with E-state index >= 15 is 0 Å². The van der Waals surface area contributed by atoms with E-state index in [4.69, 9.17) is 9.47 Å². The van der Waals surface area contributed by atoms with Gasteiger partial charge >= 0.3 is 0 Å². The molecular weight excluding hydrogens is 354 g/mol. The maximum Gasteiger partial charge on any atom is 0.251 e. The Morgan fingerprint density at radius 1 is 1.07 bits per heavy atom. The third kappa shape index (κ3) is 4.85. The Labute approximate surface area is 164 Å². The second kappa shape index (κ2) is 8.99. The van der Waals surface area contributed by atoms with Crippen molar-refractivity contribution in [2.45, 2.75) is 26.3 Å². The van der Waals surface area contributed by atoms with Gasteiger partial charge in [-0.15, -0.1) is 0 Å². The Bertz CT molecular complexity index is 959. The third-order valence-electron chi connectivity index (χ3n) is 4.32. The van der Waals surface area contributed by atoms with Gasteiger partial charge in [0, 0.05) is 29.3 Å². The summed E-state index contributed by atoms with van der Waals surface area (Å²) in [6.07, 6.45) is 2.32. The predicted molar refractivity (Wildman–Crippen MR) is 108 cm³/mol. The van der Waals surface area contributed by atoms with Crippen molar-refractivity contribution in [1.82, 2.24) is 15.3 Å². The van der Waals surface area contributed by atoms with Crippen LogP contribution in [-0.2, 0) is 0 Å². The first-order chi connectivity index (χ1) is 13.6. The van der Waals surface area contributed by atoms with Crippen molar-refractivity contribution in [3.8, 4) is 28.6 Å². The molecule has 0 bridgehead atoms. The molecule has 3 aromatic rings. The number of carbonyl (C=O) groups excluding carboxylic acids is 1. The van der Waals surface area contributed by atoms with Gasteiger partial charge in [-0.3, -0.25) is 4.79 Å². The van der Waals surface area contributed by atoms with Gasteiger partial charge in [-0.2, -0.15) is 0 Å². The monoisotopic (exact) mass is 377 g/mol. The zero-order valence-corrected chi connectivity index (χ0v) is 16.2. The minimum atomic E-state index is -0.0990. The van der Waals surface area contributed by atoms with Crippen LogP contribution in [-0.4, -0.2) is 29.0 Å². The number of hydrogen-bond acceptors (Lipinski definition) is 5. The van der Waals surface area contributed by atoms with Gasteiger partial charge in [0.05, 0.1) is 12.8 Å². The van der Waals surface area contributed by atoms with Crippen LogP contribution in [0.3, 0.4) is 0 Å². The molecule has 6 nitrogen and oxygen atoms in total. The number of amides is 1. The molecule has 1 atom stereocenters. The minimum Gasteiger partial charge on any atom is -0.497 e. The fourth-order valence-corrected chi connectivity index (χ4v) is 2.57. The van der Waals surface area contributed by atoms with E-state index in [2.05, 4.69) is 15.3 Å². The van der Waals surface area contributed by atoms with Crippen molar-refractivity contribution in [2.75, 3.05) is 7.11 Å². The van der Waals surface area contributed by atoms with Crippen molar-refractivity contribution < 1.29 is 14.3 Å². The number of hydrogen-bond donors (Lipinski definition) is 1. The lowest BCUT2D eigenvalue weighted by Gasteiger charge is -2.12. The first-order valence-electron chi connectivity index (χ1n) is 9.14. The normalized spacial score (nSPS) is 11.5.